The molecule has 0 aromatic heterocycles. The molecule has 0 radical (unpaired) electrons. The number of rotatable bonds is 5. The van der Waals surface area contributed by atoms with Crippen molar-refractivity contribution in [2.75, 3.05) is 0 Å². The molecule has 5 rings (SSSR count). The Kier molecular flexibility index (Phi) is 6.66. The van der Waals surface area contributed by atoms with Gasteiger partial charge in [-0.1, -0.05) is 72.0 Å². The SMILES string of the molecule is Cc1ccc([Si](C)(C)c2ccc(CCc3cc4c(cc3C)Cc3cc(C)c(C)cc3O4)c(C)c2)cc1C. The van der Waals surface area contributed by atoms with Crippen molar-refractivity contribution in [2.24, 2.45) is 0 Å². The molecule has 37 heavy (non-hydrogen) atoms. The molecule has 190 valence electrons. The lowest BCUT2D eigenvalue weighted by Gasteiger charge is -2.26. The zero-order chi connectivity index (χ0) is 26.5. The van der Waals surface area contributed by atoms with Crippen molar-refractivity contribution < 1.29 is 4.74 Å². The predicted octanol–water partition coefficient (Wildman–Crippen LogP) is 7.84. The van der Waals surface area contributed by atoms with E-state index in [4.69, 9.17) is 4.74 Å². The molecule has 4 aromatic carbocycles. The molecule has 0 aliphatic carbocycles. The van der Waals surface area contributed by atoms with Crippen LogP contribution >= 0.6 is 0 Å². The molecular formula is C35H40OSi. The van der Waals surface area contributed by atoms with Gasteiger partial charge in [-0.15, -0.1) is 0 Å². The lowest BCUT2D eigenvalue weighted by atomic mass is 9.92. The third-order valence-corrected chi connectivity index (χ3v) is 12.3. The molecule has 1 nitrogen and oxygen atoms in total. The summed E-state index contributed by atoms with van der Waals surface area (Å²) in [6, 6.07) is 23.4. The topological polar surface area (TPSA) is 9.23 Å². The standard InChI is InChI=1S/C35H40OSi/c1-22-9-13-32(17-24(22)3)37(7,8)33-14-12-28(27(6)18-33)10-11-29-21-35-31(16-26(29)5)20-30-15-23(2)25(4)19-34(30)36-35/h9,12-19,21H,10-11,20H2,1-8H3. The number of hydrogen-bond donors (Lipinski definition) is 0. The Labute approximate surface area is 224 Å². The van der Waals surface area contributed by atoms with Gasteiger partial charge in [0.1, 0.15) is 19.6 Å². The van der Waals surface area contributed by atoms with E-state index in [1.165, 1.54) is 66.0 Å². The van der Waals surface area contributed by atoms with Gasteiger partial charge in [0.05, 0.1) is 0 Å². The summed E-state index contributed by atoms with van der Waals surface area (Å²) in [5.74, 6) is 2.05. The molecule has 0 atom stereocenters. The number of fused-ring (bicyclic) bond motifs is 2. The van der Waals surface area contributed by atoms with E-state index >= 15 is 0 Å². The van der Waals surface area contributed by atoms with Crippen molar-refractivity contribution in [3.05, 3.63) is 116 Å². The molecular weight excluding hydrogens is 464 g/mol. The fourth-order valence-electron chi connectivity index (χ4n) is 5.63. The van der Waals surface area contributed by atoms with Gasteiger partial charge < -0.3 is 4.74 Å². The molecule has 0 saturated carbocycles. The maximum absolute atomic E-state index is 6.40. The molecule has 2 heteroatoms. The highest BCUT2D eigenvalue weighted by Gasteiger charge is 2.27. The number of ether oxygens (including phenoxy) is 1. The minimum atomic E-state index is -1.73. The predicted molar refractivity (Wildman–Crippen MR) is 161 cm³/mol. The van der Waals surface area contributed by atoms with Gasteiger partial charge >= 0.3 is 0 Å². The number of hydrogen-bond acceptors (Lipinski definition) is 1. The lowest BCUT2D eigenvalue weighted by Crippen LogP contribution is -2.53. The fraction of sp³-hybridized carbons (Fsp3) is 0.314. The van der Waals surface area contributed by atoms with Crippen LogP contribution < -0.4 is 15.1 Å². The molecule has 1 aliphatic rings. The average molecular weight is 505 g/mol. The second-order valence-corrected chi connectivity index (χ2v) is 16.2. The highest BCUT2D eigenvalue weighted by molar-refractivity contribution is 7.00. The second-order valence-electron chi connectivity index (χ2n) is 11.8. The summed E-state index contributed by atoms with van der Waals surface area (Å²) in [6.45, 7) is 18.3. The van der Waals surface area contributed by atoms with Crippen LogP contribution in [0, 0.1) is 41.5 Å². The summed E-state index contributed by atoms with van der Waals surface area (Å²) < 4.78 is 6.40. The van der Waals surface area contributed by atoms with E-state index in [-0.39, 0.29) is 0 Å². The normalized spacial score (nSPS) is 12.6. The molecule has 1 aliphatic heterocycles. The van der Waals surface area contributed by atoms with E-state index in [9.17, 15) is 0 Å². The van der Waals surface area contributed by atoms with Crippen molar-refractivity contribution in [2.45, 2.75) is 73.9 Å². The van der Waals surface area contributed by atoms with E-state index in [2.05, 4.69) is 115 Å². The van der Waals surface area contributed by atoms with Gasteiger partial charge in [0.25, 0.3) is 0 Å². The average Bonchev–Trinajstić information content (AvgIpc) is 2.85. The van der Waals surface area contributed by atoms with Crippen molar-refractivity contribution in [3.63, 3.8) is 0 Å². The molecule has 1 heterocycles. The molecule has 0 fully saturated rings. The minimum Gasteiger partial charge on any atom is -0.457 e. The van der Waals surface area contributed by atoms with Crippen molar-refractivity contribution in [1.29, 1.82) is 0 Å². The highest BCUT2D eigenvalue weighted by Crippen LogP contribution is 2.39. The summed E-state index contributed by atoms with van der Waals surface area (Å²) in [6.07, 6.45) is 3.03. The highest BCUT2D eigenvalue weighted by atomic mass is 28.3. The van der Waals surface area contributed by atoms with Gasteiger partial charge in [-0.3, -0.25) is 0 Å². The minimum absolute atomic E-state index is 0.952. The van der Waals surface area contributed by atoms with Crippen LogP contribution in [0.25, 0.3) is 0 Å². The third-order valence-electron chi connectivity index (χ3n) is 8.75. The lowest BCUT2D eigenvalue weighted by molar-refractivity contribution is 0.458. The van der Waals surface area contributed by atoms with Crippen LogP contribution in [0.3, 0.4) is 0 Å². The van der Waals surface area contributed by atoms with E-state index in [0.717, 1.165) is 30.8 Å². The maximum Gasteiger partial charge on any atom is 0.131 e. The largest absolute Gasteiger partial charge is 0.457 e. The first-order valence-corrected chi connectivity index (χ1v) is 16.6. The van der Waals surface area contributed by atoms with Gasteiger partial charge in [0.15, 0.2) is 0 Å². The number of benzene rings is 4. The van der Waals surface area contributed by atoms with Crippen LogP contribution in [-0.2, 0) is 19.3 Å². The van der Waals surface area contributed by atoms with Gasteiger partial charge in [-0.2, -0.15) is 0 Å². The Balaban J connectivity index is 1.34. The molecule has 0 N–H and O–H groups in total. The summed E-state index contributed by atoms with van der Waals surface area (Å²) in [5.41, 5.74) is 13.6. The smallest absolute Gasteiger partial charge is 0.131 e. The van der Waals surface area contributed by atoms with Gasteiger partial charge in [-0.25, -0.2) is 0 Å². The quantitative estimate of drug-likeness (QED) is 0.222. The molecule has 0 bridgehead atoms. The summed E-state index contributed by atoms with van der Waals surface area (Å²) >= 11 is 0. The molecule has 4 aromatic rings. The first-order chi connectivity index (χ1) is 17.5. The summed E-state index contributed by atoms with van der Waals surface area (Å²) in [4.78, 5) is 0. The summed E-state index contributed by atoms with van der Waals surface area (Å²) in [5, 5.41) is 3.03. The zero-order valence-electron chi connectivity index (χ0n) is 23.8. The van der Waals surface area contributed by atoms with E-state index in [1.807, 2.05) is 0 Å². The second kappa shape index (κ2) is 9.65. The molecule has 0 amide bonds. The molecule has 0 spiro atoms. The van der Waals surface area contributed by atoms with Crippen LogP contribution in [0.2, 0.25) is 13.1 Å². The van der Waals surface area contributed by atoms with Crippen molar-refractivity contribution in [1.82, 2.24) is 0 Å². The Morgan fingerprint density at radius 3 is 1.73 bits per heavy atom. The van der Waals surface area contributed by atoms with Gasteiger partial charge in [0.2, 0.25) is 0 Å². The van der Waals surface area contributed by atoms with Crippen LogP contribution in [0.5, 0.6) is 11.5 Å². The van der Waals surface area contributed by atoms with Crippen molar-refractivity contribution in [3.8, 4) is 11.5 Å². The molecule has 0 saturated heterocycles. The maximum atomic E-state index is 6.40. The Hall–Kier alpha value is -3.10. The Bertz CT molecular complexity index is 1510. The fourth-order valence-corrected chi connectivity index (χ4v) is 8.12. The first-order valence-electron chi connectivity index (χ1n) is 13.6. The van der Waals surface area contributed by atoms with Crippen LogP contribution in [0.1, 0.15) is 55.6 Å². The van der Waals surface area contributed by atoms with Gasteiger partial charge in [-0.05, 0) is 122 Å². The summed E-state index contributed by atoms with van der Waals surface area (Å²) in [7, 11) is -1.73. The Morgan fingerprint density at radius 1 is 0.541 bits per heavy atom. The molecule has 0 unspecified atom stereocenters. The Morgan fingerprint density at radius 2 is 1.05 bits per heavy atom. The van der Waals surface area contributed by atoms with Crippen molar-refractivity contribution >= 4 is 18.4 Å². The van der Waals surface area contributed by atoms with E-state index in [1.54, 1.807) is 0 Å². The monoisotopic (exact) mass is 504 g/mol. The van der Waals surface area contributed by atoms with E-state index in [0.29, 0.717) is 0 Å². The zero-order valence-corrected chi connectivity index (χ0v) is 24.8. The van der Waals surface area contributed by atoms with Gasteiger partial charge in [0, 0.05) is 6.42 Å². The van der Waals surface area contributed by atoms with Crippen LogP contribution in [-0.4, -0.2) is 8.07 Å². The first kappa shape index (κ1) is 25.5. The van der Waals surface area contributed by atoms with Crippen LogP contribution in [0.4, 0.5) is 0 Å². The van der Waals surface area contributed by atoms with E-state index < -0.39 is 8.07 Å². The van der Waals surface area contributed by atoms with Crippen LogP contribution in [0.15, 0.2) is 60.7 Å². The number of aryl methyl sites for hydroxylation is 8. The third kappa shape index (κ3) is 4.92.